The van der Waals surface area contributed by atoms with Crippen molar-refractivity contribution in [3.05, 3.63) is 97.3 Å². The summed E-state index contributed by atoms with van der Waals surface area (Å²) in [4.78, 5) is 12.8. The van der Waals surface area contributed by atoms with Gasteiger partial charge in [0.2, 0.25) is 0 Å². The SMILES string of the molecule is Cc1nn(Cc2ccc(F)cc2Cl)c(C)c1NC(=O)c1ccc(COc2ccc(Br)cc2Cl)o1. The zero-order valence-corrected chi connectivity index (χ0v) is 21.3. The quantitative estimate of drug-likeness (QED) is 0.257. The monoisotopic (exact) mass is 565 g/mol. The molecule has 0 fully saturated rings. The second-order valence-electron chi connectivity index (χ2n) is 7.52. The zero-order chi connectivity index (χ0) is 24.4. The molecule has 2 heterocycles. The molecule has 1 amide bonds. The molecule has 0 radical (unpaired) electrons. The molecule has 0 aliphatic carbocycles. The number of rotatable bonds is 7. The topological polar surface area (TPSA) is 69.3 Å². The Balaban J connectivity index is 1.43. The Morgan fingerprint density at radius 3 is 2.68 bits per heavy atom. The van der Waals surface area contributed by atoms with E-state index >= 15 is 0 Å². The number of carbonyl (C=O) groups excluding carboxylic acids is 1. The summed E-state index contributed by atoms with van der Waals surface area (Å²) < 4.78 is 27.2. The van der Waals surface area contributed by atoms with E-state index < -0.39 is 11.7 Å². The van der Waals surface area contributed by atoms with E-state index in [1.807, 2.05) is 13.0 Å². The number of benzene rings is 2. The van der Waals surface area contributed by atoms with Crippen molar-refractivity contribution < 1.29 is 18.3 Å². The fourth-order valence-electron chi connectivity index (χ4n) is 3.34. The van der Waals surface area contributed by atoms with Crippen molar-refractivity contribution in [2.45, 2.75) is 27.0 Å². The maximum atomic E-state index is 13.3. The highest BCUT2D eigenvalue weighted by molar-refractivity contribution is 9.10. The molecule has 0 unspecified atom stereocenters. The van der Waals surface area contributed by atoms with Crippen molar-refractivity contribution in [2.24, 2.45) is 0 Å². The zero-order valence-electron chi connectivity index (χ0n) is 18.2. The molecule has 4 aromatic rings. The molecule has 4 rings (SSSR count). The molecule has 0 atom stereocenters. The molecule has 10 heteroatoms. The molecule has 34 heavy (non-hydrogen) atoms. The summed E-state index contributed by atoms with van der Waals surface area (Å²) in [5.41, 5.74) is 2.64. The van der Waals surface area contributed by atoms with Gasteiger partial charge in [-0.3, -0.25) is 9.48 Å². The fourth-order valence-corrected chi connectivity index (χ4v) is 4.29. The fraction of sp³-hybridized carbons (Fsp3) is 0.167. The first-order valence-electron chi connectivity index (χ1n) is 10.2. The standard InChI is InChI=1S/C24H19BrCl2FN3O3/c1-13-23(14(2)31(30-13)11-15-3-5-17(28)10-19(15)26)29-24(32)22-8-6-18(34-22)12-33-21-7-4-16(25)9-20(21)27/h3-10H,11-12H2,1-2H3,(H,29,32). The molecule has 0 aliphatic heterocycles. The van der Waals surface area contributed by atoms with Crippen LogP contribution in [0.5, 0.6) is 5.75 Å². The molecule has 1 N–H and O–H groups in total. The molecule has 2 aromatic heterocycles. The molecular formula is C24H19BrCl2FN3O3. The Morgan fingerprint density at radius 2 is 1.94 bits per heavy atom. The highest BCUT2D eigenvalue weighted by atomic mass is 79.9. The van der Waals surface area contributed by atoms with Gasteiger partial charge in [0, 0.05) is 9.50 Å². The lowest BCUT2D eigenvalue weighted by Gasteiger charge is -2.08. The van der Waals surface area contributed by atoms with Crippen LogP contribution in [-0.4, -0.2) is 15.7 Å². The van der Waals surface area contributed by atoms with E-state index in [2.05, 4.69) is 26.3 Å². The van der Waals surface area contributed by atoms with Gasteiger partial charge in [0.25, 0.3) is 5.91 Å². The van der Waals surface area contributed by atoms with E-state index in [-0.39, 0.29) is 12.4 Å². The summed E-state index contributed by atoms with van der Waals surface area (Å²) >= 11 is 15.6. The average molecular weight is 567 g/mol. The first-order valence-corrected chi connectivity index (χ1v) is 11.7. The minimum Gasteiger partial charge on any atom is -0.484 e. The van der Waals surface area contributed by atoms with Crippen molar-refractivity contribution in [1.29, 1.82) is 0 Å². The van der Waals surface area contributed by atoms with Crippen LogP contribution in [0.4, 0.5) is 10.1 Å². The average Bonchev–Trinajstić information content (AvgIpc) is 3.35. The highest BCUT2D eigenvalue weighted by Gasteiger charge is 2.18. The molecule has 2 aromatic carbocycles. The van der Waals surface area contributed by atoms with Gasteiger partial charge in [0.15, 0.2) is 5.76 Å². The molecule has 6 nitrogen and oxygen atoms in total. The predicted octanol–water partition coefficient (Wildman–Crippen LogP) is 7.18. The van der Waals surface area contributed by atoms with Gasteiger partial charge in [-0.25, -0.2) is 4.39 Å². The van der Waals surface area contributed by atoms with Gasteiger partial charge < -0.3 is 14.5 Å². The molecule has 0 bridgehead atoms. The number of carbonyl (C=O) groups is 1. The summed E-state index contributed by atoms with van der Waals surface area (Å²) in [6.07, 6.45) is 0. The Labute approximate surface area is 213 Å². The number of aromatic nitrogens is 2. The van der Waals surface area contributed by atoms with E-state index in [9.17, 15) is 9.18 Å². The number of nitrogens with one attached hydrogen (secondary N) is 1. The van der Waals surface area contributed by atoms with Crippen LogP contribution in [0, 0.1) is 19.7 Å². The molecule has 0 saturated heterocycles. The van der Waals surface area contributed by atoms with E-state index in [1.54, 1.807) is 41.9 Å². The number of halogens is 4. The lowest BCUT2D eigenvalue weighted by atomic mass is 10.2. The van der Waals surface area contributed by atoms with E-state index in [0.29, 0.717) is 45.0 Å². The normalized spacial score (nSPS) is 11.0. The maximum Gasteiger partial charge on any atom is 0.291 e. The Morgan fingerprint density at radius 1 is 1.15 bits per heavy atom. The lowest BCUT2D eigenvalue weighted by molar-refractivity contribution is 0.0992. The van der Waals surface area contributed by atoms with Gasteiger partial charge in [0.05, 0.1) is 28.6 Å². The third-order valence-corrected chi connectivity index (χ3v) is 6.25. The van der Waals surface area contributed by atoms with Crippen molar-refractivity contribution in [3.63, 3.8) is 0 Å². The van der Waals surface area contributed by atoms with Crippen LogP contribution < -0.4 is 10.1 Å². The number of amides is 1. The van der Waals surface area contributed by atoms with Crippen LogP contribution in [0.2, 0.25) is 10.0 Å². The molecule has 176 valence electrons. The minimum atomic E-state index is -0.418. The largest absolute Gasteiger partial charge is 0.484 e. The third kappa shape index (κ3) is 5.46. The summed E-state index contributed by atoms with van der Waals surface area (Å²) in [6, 6.07) is 12.7. The lowest BCUT2D eigenvalue weighted by Crippen LogP contribution is -2.12. The van der Waals surface area contributed by atoms with Crippen molar-refractivity contribution >= 4 is 50.7 Å². The summed E-state index contributed by atoms with van der Waals surface area (Å²) in [5.74, 6) is 0.289. The van der Waals surface area contributed by atoms with Crippen LogP contribution in [0.15, 0.2) is 57.4 Å². The summed E-state index contributed by atoms with van der Waals surface area (Å²) in [7, 11) is 0. The van der Waals surface area contributed by atoms with Crippen LogP contribution >= 0.6 is 39.1 Å². The van der Waals surface area contributed by atoms with Crippen LogP contribution in [0.25, 0.3) is 0 Å². The van der Waals surface area contributed by atoms with Crippen molar-refractivity contribution in [1.82, 2.24) is 9.78 Å². The van der Waals surface area contributed by atoms with Gasteiger partial charge in [-0.15, -0.1) is 0 Å². The number of nitrogens with zero attached hydrogens (tertiary/aromatic N) is 2. The Kier molecular flexibility index (Phi) is 7.30. The highest BCUT2D eigenvalue weighted by Crippen LogP contribution is 2.29. The smallest absolute Gasteiger partial charge is 0.291 e. The van der Waals surface area contributed by atoms with Gasteiger partial charge in [-0.1, -0.05) is 45.2 Å². The predicted molar refractivity (Wildman–Crippen MR) is 132 cm³/mol. The maximum absolute atomic E-state index is 13.3. The number of aryl methyl sites for hydroxylation is 1. The third-order valence-electron chi connectivity index (χ3n) is 5.10. The summed E-state index contributed by atoms with van der Waals surface area (Å²) in [5, 5.41) is 8.11. The van der Waals surface area contributed by atoms with Crippen LogP contribution in [0.3, 0.4) is 0 Å². The van der Waals surface area contributed by atoms with E-state index in [0.717, 1.165) is 10.2 Å². The summed E-state index contributed by atoms with van der Waals surface area (Å²) in [6.45, 7) is 4.07. The van der Waals surface area contributed by atoms with Gasteiger partial charge in [0.1, 0.15) is 23.9 Å². The van der Waals surface area contributed by atoms with Crippen molar-refractivity contribution in [2.75, 3.05) is 5.32 Å². The second kappa shape index (κ2) is 10.2. The Bertz CT molecular complexity index is 1370. The molecule has 0 saturated carbocycles. The van der Waals surface area contributed by atoms with E-state index in [4.69, 9.17) is 32.4 Å². The number of ether oxygens (including phenoxy) is 1. The first kappa shape index (κ1) is 24.3. The van der Waals surface area contributed by atoms with Crippen LogP contribution in [-0.2, 0) is 13.2 Å². The van der Waals surface area contributed by atoms with Gasteiger partial charge >= 0.3 is 0 Å². The minimum absolute atomic E-state index is 0.114. The molecular weight excluding hydrogens is 548 g/mol. The van der Waals surface area contributed by atoms with Gasteiger partial charge in [-0.2, -0.15) is 5.10 Å². The number of furan rings is 1. The Hall–Kier alpha value is -2.81. The second-order valence-corrected chi connectivity index (χ2v) is 9.25. The van der Waals surface area contributed by atoms with Crippen molar-refractivity contribution in [3.8, 4) is 5.75 Å². The van der Waals surface area contributed by atoms with E-state index in [1.165, 1.54) is 12.1 Å². The number of hydrogen-bond donors (Lipinski definition) is 1. The first-order chi connectivity index (χ1) is 16.2. The molecule has 0 spiro atoms. The van der Waals surface area contributed by atoms with Crippen LogP contribution in [0.1, 0.15) is 33.3 Å². The van der Waals surface area contributed by atoms with Gasteiger partial charge in [-0.05, 0) is 61.9 Å². The number of hydrogen-bond acceptors (Lipinski definition) is 4. The molecule has 0 aliphatic rings. The number of anilines is 1.